The van der Waals surface area contributed by atoms with E-state index in [0.29, 0.717) is 49.8 Å². The molecular formula is C45H63N9O17. The fourth-order valence-electron chi connectivity index (χ4n) is 6.50. The number of carboxylic acid groups (broad SMARTS) is 3. The van der Waals surface area contributed by atoms with E-state index in [1.54, 1.807) is 26.0 Å². The lowest BCUT2D eigenvalue weighted by molar-refractivity contribution is -0.384. The van der Waals surface area contributed by atoms with Gasteiger partial charge in [0.25, 0.3) is 5.69 Å². The molecule has 26 heteroatoms. The molecule has 71 heavy (non-hydrogen) atoms. The molecule has 0 saturated carbocycles. The van der Waals surface area contributed by atoms with Gasteiger partial charge in [0.1, 0.15) is 36.5 Å². The van der Waals surface area contributed by atoms with E-state index in [4.69, 9.17) is 20.3 Å². The first-order chi connectivity index (χ1) is 33.6. The first kappa shape index (κ1) is 59.1. The molecule has 2 aromatic carbocycles. The Morgan fingerprint density at radius 3 is 1.77 bits per heavy atom. The molecule has 12 N–H and O–H groups in total. The van der Waals surface area contributed by atoms with E-state index in [1.807, 2.05) is 0 Å². The van der Waals surface area contributed by atoms with E-state index in [-0.39, 0.29) is 75.1 Å². The van der Waals surface area contributed by atoms with Crippen molar-refractivity contribution in [2.75, 3.05) is 18.4 Å². The zero-order valence-electron chi connectivity index (χ0n) is 39.4. The van der Waals surface area contributed by atoms with Crippen LogP contribution in [0.1, 0.15) is 103 Å². The molecule has 0 aromatic heterocycles. The number of nitro groups is 1. The predicted octanol–water partition coefficient (Wildman–Crippen LogP) is 3.02. The molecule has 8 amide bonds. The Hall–Kier alpha value is -8.06. The van der Waals surface area contributed by atoms with Crippen molar-refractivity contribution in [2.24, 2.45) is 11.7 Å². The van der Waals surface area contributed by atoms with Gasteiger partial charge in [-0.2, -0.15) is 0 Å². The fourth-order valence-corrected chi connectivity index (χ4v) is 6.50. The number of amides is 8. The molecule has 0 aliphatic rings. The Kier molecular flexibility index (Phi) is 26.5. The predicted molar refractivity (Wildman–Crippen MR) is 250 cm³/mol. The van der Waals surface area contributed by atoms with E-state index in [1.165, 1.54) is 36.4 Å². The van der Waals surface area contributed by atoms with Gasteiger partial charge in [0.05, 0.1) is 4.92 Å². The van der Waals surface area contributed by atoms with Crippen molar-refractivity contribution in [3.8, 4) is 5.75 Å². The summed E-state index contributed by atoms with van der Waals surface area (Å²) in [6.07, 6.45) is 1.55. The zero-order valence-corrected chi connectivity index (χ0v) is 39.4. The number of nitrogens with one attached hydrogen (secondary N) is 7. The van der Waals surface area contributed by atoms with Crippen LogP contribution < -0.4 is 47.7 Å². The molecule has 0 bridgehead atoms. The maximum Gasteiger partial charge on any atom is 0.514 e. The van der Waals surface area contributed by atoms with Crippen LogP contribution >= 0.6 is 0 Å². The van der Waals surface area contributed by atoms with Crippen LogP contribution in [0.2, 0.25) is 0 Å². The summed E-state index contributed by atoms with van der Waals surface area (Å²) in [5, 5.41) is 55.8. The van der Waals surface area contributed by atoms with Crippen LogP contribution in [0.4, 0.5) is 25.8 Å². The highest BCUT2D eigenvalue weighted by atomic mass is 16.7. The number of nitrogens with zero attached hydrogens (tertiary/aromatic N) is 1. The van der Waals surface area contributed by atoms with E-state index < -0.39 is 95.8 Å². The number of unbranched alkanes of at least 4 members (excludes halogenated alkanes) is 4. The summed E-state index contributed by atoms with van der Waals surface area (Å²) in [5.74, 6) is -6.26. The van der Waals surface area contributed by atoms with Gasteiger partial charge in [-0.3, -0.25) is 34.1 Å². The van der Waals surface area contributed by atoms with Crippen molar-refractivity contribution in [2.45, 2.75) is 128 Å². The van der Waals surface area contributed by atoms with Gasteiger partial charge in [-0.25, -0.2) is 24.0 Å². The third-order valence-electron chi connectivity index (χ3n) is 10.3. The number of ether oxygens (including phenoxy) is 2. The minimum Gasteiger partial charge on any atom is -0.481 e. The monoisotopic (exact) mass is 1000 g/mol. The van der Waals surface area contributed by atoms with Crippen molar-refractivity contribution in [3.63, 3.8) is 0 Å². The molecule has 2 aromatic rings. The molecule has 2 rings (SSSR count). The average Bonchev–Trinajstić information content (AvgIpc) is 3.30. The maximum atomic E-state index is 13.5. The highest BCUT2D eigenvalue weighted by Crippen LogP contribution is 2.19. The number of anilines is 1. The topological polar surface area (TPSA) is 403 Å². The summed E-state index contributed by atoms with van der Waals surface area (Å²) >= 11 is 0. The minimum absolute atomic E-state index is 0.0190. The number of nitrogens with two attached hydrogens (primary N) is 1. The van der Waals surface area contributed by atoms with Crippen LogP contribution in [0.25, 0.3) is 0 Å². The van der Waals surface area contributed by atoms with Gasteiger partial charge >= 0.3 is 36.1 Å². The van der Waals surface area contributed by atoms with Crippen LogP contribution in [0.15, 0.2) is 48.5 Å². The van der Waals surface area contributed by atoms with Gasteiger partial charge in [-0.1, -0.05) is 38.8 Å². The summed E-state index contributed by atoms with van der Waals surface area (Å²) in [5.41, 5.74) is 5.84. The molecule has 0 saturated heterocycles. The van der Waals surface area contributed by atoms with Gasteiger partial charge in [0, 0.05) is 50.2 Å². The number of hydrogen-bond donors (Lipinski definition) is 11. The molecule has 4 unspecified atom stereocenters. The van der Waals surface area contributed by atoms with E-state index >= 15 is 0 Å². The molecule has 390 valence electrons. The number of carboxylic acids is 3. The molecule has 0 aliphatic carbocycles. The molecule has 0 heterocycles. The number of rotatable bonds is 33. The van der Waals surface area contributed by atoms with Crippen LogP contribution in [0.5, 0.6) is 5.75 Å². The Morgan fingerprint density at radius 2 is 1.21 bits per heavy atom. The second-order valence-electron chi connectivity index (χ2n) is 16.5. The third kappa shape index (κ3) is 25.2. The fraction of sp³-hybridized carbons (Fsp3) is 0.511. The van der Waals surface area contributed by atoms with Crippen LogP contribution in [0.3, 0.4) is 0 Å². The van der Waals surface area contributed by atoms with Crippen LogP contribution in [-0.4, -0.2) is 117 Å². The maximum absolute atomic E-state index is 13.5. The first-order valence-electron chi connectivity index (χ1n) is 22.8. The largest absolute Gasteiger partial charge is 0.514 e. The molecule has 0 aliphatic heterocycles. The summed E-state index contributed by atoms with van der Waals surface area (Å²) in [6.45, 7) is 3.60. The summed E-state index contributed by atoms with van der Waals surface area (Å²) < 4.78 is 10.1. The normalized spacial score (nSPS) is 12.4. The van der Waals surface area contributed by atoms with Gasteiger partial charge in [-0.15, -0.1) is 0 Å². The van der Waals surface area contributed by atoms with Crippen molar-refractivity contribution >= 4 is 71.1 Å². The lowest BCUT2D eigenvalue weighted by atomic mass is 10.0. The van der Waals surface area contributed by atoms with Crippen molar-refractivity contribution in [1.82, 2.24) is 31.9 Å². The average molecular weight is 1000 g/mol. The Morgan fingerprint density at radius 1 is 0.634 bits per heavy atom. The van der Waals surface area contributed by atoms with Crippen molar-refractivity contribution in [1.29, 1.82) is 0 Å². The lowest BCUT2D eigenvalue weighted by Gasteiger charge is -2.25. The number of hydrogen-bond acceptors (Lipinski definition) is 14. The van der Waals surface area contributed by atoms with Crippen molar-refractivity contribution in [3.05, 3.63) is 64.2 Å². The SMILES string of the molecule is CC(C)C(NC(=O)CCCCCCC(=O)NCCCCC(NC(=O)NC(CCC(=O)O)C(=O)O)C(=O)O)C(=O)NC(CCCNC(N)=O)C(=O)Nc1ccc(COC(=O)Oc2ccc([N+](=O)[O-])cc2)cc1. The van der Waals surface area contributed by atoms with Gasteiger partial charge < -0.3 is 67.7 Å². The summed E-state index contributed by atoms with van der Waals surface area (Å²) in [6, 6.07) is 4.22. The van der Waals surface area contributed by atoms with E-state index in [9.17, 15) is 68.3 Å². The van der Waals surface area contributed by atoms with E-state index in [2.05, 4.69) is 37.2 Å². The molecule has 0 radical (unpaired) electrons. The second kappa shape index (κ2) is 31.9. The van der Waals surface area contributed by atoms with Crippen LogP contribution in [0, 0.1) is 16.0 Å². The molecule has 0 fully saturated rings. The standard InChI is InChI=1S/C45H63N9O17/c1-27(2)38(53-36(56)13-6-4-3-5-12-35(55)47-24-8-7-10-33(41(61)62)51-44(66)52-34(42(63)64)22-23-37(57)58)40(60)50-32(11-9-25-48-43(46)65)39(59)49-29-16-14-28(15-17-29)26-70-45(67)71-31-20-18-30(19-21-31)54(68)69/h14-21,27,32-34,38H,3-13,22-26H2,1-2H3,(H,47,55)(H,49,59)(H,50,60)(H,53,56)(H,57,58)(H,61,62)(H,63,64)(H3,46,48,65)(H2,51,52,66). The molecule has 0 spiro atoms. The van der Waals surface area contributed by atoms with Gasteiger partial charge in [-0.05, 0) is 87.1 Å². The summed E-state index contributed by atoms with van der Waals surface area (Å²) in [4.78, 5) is 132. The zero-order chi connectivity index (χ0) is 52.9. The summed E-state index contributed by atoms with van der Waals surface area (Å²) in [7, 11) is 0. The minimum atomic E-state index is -1.53. The molecular weight excluding hydrogens is 939 g/mol. The highest BCUT2D eigenvalue weighted by Gasteiger charge is 2.29. The van der Waals surface area contributed by atoms with E-state index in [0.717, 1.165) is 0 Å². The second-order valence-corrected chi connectivity index (χ2v) is 16.5. The highest BCUT2D eigenvalue weighted by molar-refractivity contribution is 5.98. The Bertz CT molecular complexity index is 2140. The van der Waals surface area contributed by atoms with Crippen molar-refractivity contribution < 1.29 is 77.7 Å². The third-order valence-corrected chi connectivity index (χ3v) is 10.3. The number of urea groups is 2. The van der Waals surface area contributed by atoms with Crippen LogP contribution in [-0.2, 0) is 44.9 Å². The quantitative estimate of drug-likeness (QED) is 0.0161. The number of benzene rings is 2. The molecule has 26 nitrogen and oxygen atoms in total. The smallest absolute Gasteiger partial charge is 0.481 e. The Labute approximate surface area is 408 Å². The number of aliphatic carboxylic acids is 3. The number of primary amides is 1. The number of nitro benzene ring substituents is 1. The Balaban J connectivity index is 1.78. The van der Waals surface area contributed by atoms with Gasteiger partial charge in [0.15, 0.2) is 0 Å². The first-order valence-corrected chi connectivity index (χ1v) is 22.8. The molecule has 4 atom stereocenters. The number of non-ortho nitro benzene ring substituents is 1. The van der Waals surface area contributed by atoms with Gasteiger partial charge in [0.2, 0.25) is 23.6 Å². The number of carbonyl (C=O) groups is 10. The number of carbonyl (C=O) groups excluding carboxylic acids is 7. The lowest BCUT2D eigenvalue weighted by Crippen LogP contribution is -2.54.